The van der Waals surface area contributed by atoms with E-state index in [0.29, 0.717) is 18.0 Å². The molecule has 0 saturated heterocycles. The Morgan fingerprint density at radius 3 is 2.32 bits per heavy atom. The van der Waals surface area contributed by atoms with E-state index in [9.17, 15) is 9.59 Å². The van der Waals surface area contributed by atoms with Crippen LogP contribution in [0.1, 0.15) is 32.8 Å². The van der Waals surface area contributed by atoms with Gasteiger partial charge >= 0.3 is 5.97 Å². The topological polar surface area (TPSA) is 46.6 Å². The third kappa shape index (κ3) is 5.34. The summed E-state index contributed by atoms with van der Waals surface area (Å²) in [5, 5.41) is 0.647. The predicted octanol–water partition coefficient (Wildman–Crippen LogP) is 3.32. The molecule has 1 aromatic carbocycles. The Bertz CT molecular complexity index is 501. The molecule has 4 nitrogen and oxygen atoms in total. The lowest BCUT2D eigenvalue weighted by Gasteiger charge is -2.30. The molecule has 1 aromatic rings. The Morgan fingerprint density at radius 2 is 1.82 bits per heavy atom. The van der Waals surface area contributed by atoms with E-state index in [-0.39, 0.29) is 23.8 Å². The second-order valence-electron chi connectivity index (χ2n) is 5.53. The van der Waals surface area contributed by atoms with Gasteiger partial charge in [-0.1, -0.05) is 37.6 Å². The molecule has 1 amide bonds. The first kappa shape index (κ1) is 18.5. The zero-order chi connectivity index (χ0) is 16.7. The van der Waals surface area contributed by atoms with Gasteiger partial charge in [0.2, 0.25) is 5.91 Å². The van der Waals surface area contributed by atoms with Crippen LogP contribution in [0.5, 0.6) is 0 Å². The van der Waals surface area contributed by atoms with Crippen LogP contribution in [0.25, 0.3) is 0 Å². The van der Waals surface area contributed by atoms with Crippen LogP contribution in [-0.4, -0.2) is 36.5 Å². The number of hydrogen-bond acceptors (Lipinski definition) is 3. The smallest absolute Gasteiger partial charge is 0.310 e. The summed E-state index contributed by atoms with van der Waals surface area (Å²) in [5.41, 5.74) is 0.911. The van der Waals surface area contributed by atoms with Crippen LogP contribution in [0, 0.1) is 5.92 Å². The van der Waals surface area contributed by atoms with Crippen LogP contribution in [0.2, 0.25) is 5.02 Å². The largest absolute Gasteiger partial charge is 0.469 e. The molecule has 0 bridgehead atoms. The summed E-state index contributed by atoms with van der Waals surface area (Å²) in [4.78, 5) is 25.9. The van der Waals surface area contributed by atoms with Crippen LogP contribution < -0.4 is 0 Å². The van der Waals surface area contributed by atoms with Gasteiger partial charge in [0.25, 0.3) is 0 Å². The first-order valence-corrected chi connectivity index (χ1v) is 7.88. The van der Waals surface area contributed by atoms with E-state index >= 15 is 0 Å². The Hall–Kier alpha value is -1.55. The number of amides is 1. The first-order chi connectivity index (χ1) is 10.4. The van der Waals surface area contributed by atoms with Crippen LogP contribution in [0.3, 0.4) is 0 Å². The van der Waals surface area contributed by atoms with E-state index in [0.717, 1.165) is 12.0 Å². The summed E-state index contributed by atoms with van der Waals surface area (Å²) < 4.78 is 4.75. The lowest BCUT2D eigenvalue weighted by Crippen LogP contribution is -2.43. The van der Waals surface area contributed by atoms with Gasteiger partial charge in [-0.25, -0.2) is 0 Å². The van der Waals surface area contributed by atoms with Gasteiger partial charge in [-0.2, -0.15) is 0 Å². The average Bonchev–Trinajstić information content (AvgIpc) is 2.52. The molecule has 2 atom stereocenters. The molecule has 0 aliphatic heterocycles. The van der Waals surface area contributed by atoms with E-state index in [1.165, 1.54) is 7.11 Å². The summed E-state index contributed by atoms with van der Waals surface area (Å²) in [6.45, 7) is 6.16. The molecule has 0 aromatic heterocycles. The molecular formula is C17H24ClNO3. The van der Waals surface area contributed by atoms with Crippen LogP contribution in [0.15, 0.2) is 24.3 Å². The average molecular weight is 326 g/mol. The summed E-state index contributed by atoms with van der Waals surface area (Å²) in [6, 6.07) is 7.31. The fraction of sp³-hybridized carbons (Fsp3) is 0.529. The SMILES string of the molecule is CCC(C)N(CC(C)C(=O)OC)C(=O)Cc1ccc(Cl)cc1. The van der Waals surface area contributed by atoms with E-state index in [1.807, 2.05) is 26.0 Å². The molecule has 0 N–H and O–H groups in total. The van der Waals surface area contributed by atoms with Crippen molar-refractivity contribution in [1.29, 1.82) is 0 Å². The minimum Gasteiger partial charge on any atom is -0.469 e. The van der Waals surface area contributed by atoms with Crippen molar-refractivity contribution in [2.75, 3.05) is 13.7 Å². The zero-order valence-corrected chi connectivity index (χ0v) is 14.4. The van der Waals surface area contributed by atoms with Crippen molar-refractivity contribution in [2.45, 2.75) is 39.7 Å². The highest BCUT2D eigenvalue weighted by molar-refractivity contribution is 6.30. The molecule has 1 rings (SSSR count). The van der Waals surface area contributed by atoms with Gasteiger partial charge in [0.05, 0.1) is 19.4 Å². The monoisotopic (exact) mass is 325 g/mol. The van der Waals surface area contributed by atoms with E-state index in [4.69, 9.17) is 16.3 Å². The van der Waals surface area contributed by atoms with E-state index < -0.39 is 0 Å². The first-order valence-electron chi connectivity index (χ1n) is 7.50. The van der Waals surface area contributed by atoms with Gasteiger partial charge in [-0.3, -0.25) is 9.59 Å². The summed E-state index contributed by atoms with van der Waals surface area (Å²) in [5.74, 6) is -0.631. The molecule has 122 valence electrons. The Kier molecular flexibility index (Phi) is 7.39. The van der Waals surface area contributed by atoms with Gasteiger partial charge in [0.1, 0.15) is 0 Å². The normalized spacial score (nSPS) is 13.3. The third-order valence-electron chi connectivity index (χ3n) is 3.79. The number of hydrogen-bond donors (Lipinski definition) is 0. The van der Waals surface area contributed by atoms with Crippen molar-refractivity contribution in [1.82, 2.24) is 4.90 Å². The number of benzene rings is 1. The maximum absolute atomic E-state index is 12.6. The quantitative estimate of drug-likeness (QED) is 0.722. The fourth-order valence-corrected chi connectivity index (χ4v) is 2.32. The number of methoxy groups -OCH3 is 1. The summed E-state index contributed by atoms with van der Waals surface area (Å²) in [6.07, 6.45) is 1.13. The maximum Gasteiger partial charge on any atom is 0.310 e. The van der Waals surface area contributed by atoms with Gasteiger partial charge < -0.3 is 9.64 Å². The molecule has 0 spiro atoms. The minimum absolute atomic E-state index is 0.00688. The number of rotatable bonds is 7. The van der Waals surface area contributed by atoms with Crippen molar-refractivity contribution in [3.63, 3.8) is 0 Å². The molecule has 0 fully saturated rings. The molecule has 0 aliphatic rings. The van der Waals surface area contributed by atoms with Crippen LogP contribution in [0.4, 0.5) is 0 Å². The lowest BCUT2D eigenvalue weighted by molar-refractivity contribution is -0.146. The molecule has 0 radical (unpaired) electrons. The predicted molar refractivity (Wildman–Crippen MR) is 87.8 cm³/mol. The number of carbonyl (C=O) groups is 2. The Balaban J connectivity index is 2.80. The lowest BCUT2D eigenvalue weighted by atomic mass is 10.1. The maximum atomic E-state index is 12.6. The van der Waals surface area contributed by atoms with E-state index in [1.54, 1.807) is 24.0 Å². The zero-order valence-electron chi connectivity index (χ0n) is 13.6. The Morgan fingerprint density at radius 1 is 1.23 bits per heavy atom. The van der Waals surface area contributed by atoms with Crippen molar-refractivity contribution < 1.29 is 14.3 Å². The highest BCUT2D eigenvalue weighted by Crippen LogP contribution is 2.14. The van der Waals surface area contributed by atoms with E-state index in [2.05, 4.69) is 0 Å². The van der Waals surface area contributed by atoms with Crippen LogP contribution >= 0.6 is 11.6 Å². The molecular weight excluding hydrogens is 302 g/mol. The highest BCUT2D eigenvalue weighted by atomic mass is 35.5. The van der Waals surface area contributed by atoms with Crippen molar-refractivity contribution in [2.24, 2.45) is 5.92 Å². The summed E-state index contributed by atoms with van der Waals surface area (Å²) in [7, 11) is 1.36. The molecule has 0 aliphatic carbocycles. The number of nitrogens with zero attached hydrogens (tertiary/aromatic N) is 1. The number of ether oxygens (including phenoxy) is 1. The second kappa shape index (κ2) is 8.79. The van der Waals surface area contributed by atoms with Crippen LogP contribution in [-0.2, 0) is 20.7 Å². The highest BCUT2D eigenvalue weighted by Gasteiger charge is 2.24. The molecule has 22 heavy (non-hydrogen) atoms. The van der Waals surface area contributed by atoms with Crippen molar-refractivity contribution in [3.8, 4) is 0 Å². The summed E-state index contributed by atoms with van der Waals surface area (Å²) >= 11 is 5.86. The van der Waals surface area contributed by atoms with Gasteiger partial charge in [-0.05, 0) is 31.0 Å². The van der Waals surface area contributed by atoms with Crippen molar-refractivity contribution in [3.05, 3.63) is 34.9 Å². The number of halogens is 1. The van der Waals surface area contributed by atoms with Gasteiger partial charge in [-0.15, -0.1) is 0 Å². The fourth-order valence-electron chi connectivity index (χ4n) is 2.20. The second-order valence-corrected chi connectivity index (χ2v) is 5.97. The number of carbonyl (C=O) groups excluding carboxylic acids is 2. The Labute approximate surface area is 137 Å². The minimum atomic E-state index is -0.340. The standard InChI is InChI=1S/C17H24ClNO3/c1-5-13(3)19(11-12(2)17(21)22-4)16(20)10-14-6-8-15(18)9-7-14/h6-9,12-13H,5,10-11H2,1-4H3. The van der Waals surface area contributed by atoms with Crippen molar-refractivity contribution >= 4 is 23.5 Å². The van der Waals surface area contributed by atoms with Gasteiger partial charge in [0, 0.05) is 17.6 Å². The third-order valence-corrected chi connectivity index (χ3v) is 4.04. The molecule has 2 unspecified atom stereocenters. The molecule has 0 heterocycles. The number of esters is 1. The molecule has 5 heteroatoms. The molecule has 0 saturated carbocycles. The van der Waals surface area contributed by atoms with Gasteiger partial charge in [0.15, 0.2) is 0 Å².